The average molecular weight is 460 g/mol. The van der Waals surface area contributed by atoms with Crippen molar-refractivity contribution >= 4 is 12.6 Å². The van der Waals surface area contributed by atoms with E-state index in [9.17, 15) is 0 Å². The van der Waals surface area contributed by atoms with Crippen LogP contribution in [0.3, 0.4) is 0 Å². The van der Waals surface area contributed by atoms with E-state index in [0.717, 1.165) is 48.4 Å². The van der Waals surface area contributed by atoms with Gasteiger partial charge in [-0.2, -0.15) is 5.06 Å². The van der Waals surface area contributed by atoms with E-state index in [4.69, 9.17) is 19.1 Å². The van der Waals surface area contributed by atoms with Gasteiger partial charge in [0.1, 0.15) is 5.82 Å². The number of H-pyrrole nitrogens is 1. The SMILES string of the molecule is CC1(C)OB(c2ccc(-c3cnc([C@@H]4CCCN4OCCc4cccnc4)[nH]3)cc2)OC1(C)C. The number of hydrogen-bond donors (Lipinski definition) is 1. The molecule has 0 spiro atoms. The topological polar surface area (TPSA) is 72.5 Å². The number of rotatable bonds is 7. The molecule has 1 aromatic carbocycles. The normalized spacial score (nSPS) is 21.9. The third kappa shape index (κ3) is 4.68. The lowest BCUT2D eigenvalue weighted by molar-refractivity contribution is -0.170. The summed E-state index contributed by atoms with van der Waals surface area (Å²) >= 11 is 0. The van der Waals surface area contributed by atoms with Crippen LogP contribution in [0.25, 0.3) is 11.3 Å². The van der Waals surface area contributed by atoms with E-state index in [2.05, 4.69) is 73.1 Å². The van der Waals surface area contributed by atoms with Crippen LogP contribution in [0.4, 0.5) is 0 Å². The maximum absolute atomic E-state index is 6.17. The molecule has 2 aliphatic rings. The summed E-state index contributed by atoms with van der Waals surface area (Å²) in [5.74, 6) is 0.948. The highest BCUT2D eigenvalue weighted by Gasteiger charge is 2.51. The molecular weight excluding hydrogens is 427 g/mol. The molecule has 5 rings (SSSR count). The van der Waals surface area contributed by atoms with Gasteiger partial charge in [-0.15, -0.1) is 0 Å². The Morgan fingerprint density at radius 1 is 1.09 bits per heavy atom. The van der Waals surface area contributed by atoms with Crippen LogP contribution < -0.4 is 5.46 Å². The number of aromatic amines is 1. The molecule has 0 amide bonds. The molecular formula is C26H33BN4O3. The Labute approximate surface area is 202 Å². The minimum absolute atomic E-state index is 0.145. The lowest BCUT2D eigenvalue weighted by Gasteiger charge is -2.32. The molecule has 1 N–H and O–H groups in total. The Kier molecular flexibility index (Phi) is 6.33. The zero-order chi connectivity index (χ0) is 23.8. The van der Waals surface area contributed by atoms with Crippen molar-refractivity contribution in [3.05, 3.63) is 66.4 Å². The largest absolute Gasteiger partial charge is 0.494 e. The van der Waals surface area contributed by atoms with E-state index < -0.39 is 0 Å². The van der Waals surface area contributed by atoms with Crippen LogP contribution in [0.1, 0.15) is 58.0 Å². The van der Waals surface area contributed by atoms with Crippen LogP contribution in [0.15, 0.2) is 55.0 Å². The summed E-state index contributed by atoms with van der Waals surface area (Å²) in [5.41, 5.74) is 3.59. The molecule has 34 heavy (non-hydrogen) atoms. The summed E-state index contributed by atoms with van der Waals surface area (Å²) in [7, 11) is -0.354. The van der Waals surface area contributed by atoms with Gasteiger partial charge >= 0.3 is 7.12 Å². The van der Waals surface area contributed by atoms with Gasteiger partial charge in [0, 0.05) is 18.9 Å². The van der Waals surface area contributed by atoms with Crippen LogP contribution in [-0.2, 0) is 20.6 Å². The van der Waals surface area contributed by atoms with Gasteiger partial charge in [-0.05, 0) is 69.6 Å². The fourth-order valence-corrected chi connectivity index (χ4v) is 4.45. The van der Waals surface area contributed by atoms with Crippen molar-refractivity contribution in [1.82, 2.24) is 20.0 Å². The number of hydrogen-bond acceptors (Lipinski definition) is 6. The van der Waals surface area contributed by atoms with Crippen molar-refractivity contribution in [2.24, 2.45) is 0 Å². The quantitative estimate of drug-likeness (QED) is 0.536. The highest BCUT2D eigenvalue weighted by Crippen LogP contribution is 2.36. The predicted molar refractivity (Wildman–Crippen MR) is 132 cm³/mol. The minimum Gasteiger partial charge on any atom is -0.399 e. The minimum atomic E-state index is -0.354. The first-order valence-electron chi connectivity index (χ1n) is 12.1. The van der Waals surface area contributed by atoms with Crippen LogP contribution in [0.2, 0.25) is 0 Å². The third-order valence-corrected chi connectivity index (χ3v) is 7.23. The van der Waals surface area contributed by atoms with Crippen molar-refractivity contribution in [3.8, 4) is 11.3 Å². The maximum atomic E-state index is 6.17. The number of imidazole rings is 1. The second kappa shape index (κ2) is 9.26. The zero-order valence-electron chi connectivity index (χ0n) is 20.5. The monoisotopic (exact) mass is 460 g/mol. The molecule has 2 fully saturated rings. The van der Waals surface area contributed by atoms with E-state index in [1.54, 1.807) is 6.20 Å². The van der Waals surface area contributed by atoms with E-state index in [-0.39, 0.29) is 24.4 Å². The summed E-state index contributed by atoms with van der Waals surface area (Å²) < 4.78 is 12.3. The molecule has 2 aliphatic heterocycles. The van der Waals surface area contributed by atoms with Gasteiger partial charge in [0.05, 0.1) is 35.7 Å². The fraction of sp³-hybridized carbons (Fsp3) is 0.462. The predicted octanol–water partition coefficient (Wildman–Crippen LogP) is 4.08. The second-order valence-electron chi connectivity index (χ2n) is 10.1. The number of nitrogens with zero attached hydrogens (tertiary/aromatic N) is 3. The molecule has 1 atom stereocenters. The van der Waals surface area contributed by atoms with E-state index >= 15 is 0 Å². The Hall–Kier alpha value is -2.52. The maximum Gasteiger partial charge on any atom is 0.494 e. The molecule has 4 heterocycles. The standard InChI is InChI=1S/C26H33BN4O3/c1-25(2)26(3,4)34-27(33-25)21-11-9-20(10-12-21)22-18-29-24(30-22)23-8-6-15-31(23)32-16-13-19-7-5-14-28-17-19/h5,7,9-12,14,17-18,23H,6,8,13,15-16H2,1-4H3,(H,29,30)/t23-/m0/s1. The average Bonchev–Trinajstić information content (AvgIpc) is 3.53. The van der Waals surface area contributed by atoms with E-state index in [1.807, 2.05) is 18.5 Å². The van der Waals surface area contributed by atoms with Crippen molar-refractivity contribution in [2.45, 2.75) is 64.2 Å². The van der Waals surface area contributed by atoms with Gasteiger partial charge in [-0.1, -0.05) is 30.3 Å². The first-order chi connectivity index (χ1) is 16.3. The zero-order valence-corrected chi connectivity index (χ0v) is 20.5. The number of benzene rings is 1. The van der Waals surface area contributed by atoms with E-state index in [0.29, 0.717) is 6.61 Å². The summed E-state index contributed by atoms with van der Waals surface area (Å²) in [6.07, 6.45) is 8.56. The second-order valence-corrected chi connectivity index (χ2v) is 10.1. The molecule has 0 unspecified atom stereocenters. The molecule has 178 valence electrons. The lowest BCUT2D eigenvalue weighted by Crippen LogP contribution is -2.41. The van der Waals surface area contributed by atoms with Gasteiger partial charge in [0.2, 0.25) is 0 Å². The number of pyridine rings is 1. The molecule has 3 aromatic rings. The van der Waals surface area contributed by atoms with Crippen LogP contribution in [0, 0.1) is 0 Å². The number of hydroxylamine groups is 2. The van der Waals surface area contributed by atoms with Crippen molar-refractivity contribution in [2.75, 3.05) is 13.2 Å². The molecule has 0 bridgehead atoms. The summed E-state index contributed by atoms with van der Waals surface area (Å²) in [6, 6.07) is 12.5. The smallest absolute Gasteiger partial charge is 0.399 e. The summed E-state index contributed by atoms with van der Waals surface area (Å²) in [5, 5.41) is 2.07. The molecule has 0 aliphatic carbocycles. The van der Waals surface area contributed by atoms with E-state index in [1.165, 1.54) is 5.56 Å². The lowest BCUT2D eigenvalue weighted by atomic mass is 9.79. The molecule has 0 saturated carbocycles. The van der Waals surface area contributed by atoms with Crippen LogP contribution in [0.5, 0.6) is 0 Å². The molecule has 7 nitrogen and oxygen atoms in total. The Balaban J connectivity index is 1.22. The third-order valence-electron chi connectivity index (χ3n) is 7.23. The first-order valence-corrected chi connectivity index (χ1v) is 12.1. The molecule has 2 aromatic heterocycles. The molecule has 0 radical (unpaired) electrons. The first kappa shape index (κ1) is 23.2. The van der Waals surface area contributed by atoms with Gasteiger partial charge in [0.15, 0.2) is 0 Å². The number of nitrogens with one attached hydrogen (secondary N) is 1. The molecule has 2 saturated heterocycles. The van der Waals surface area contributed by atoms with Crippen LogP contribution >= 0.6 is 0 Å². The highest BCUT2D eigenvalue weighted by molar-refractivity contribution is 6.62. The summed E-state index contributed by atoms with van der Waals surface area (Å²) in [6.45, 7) is 9.84. The van der Waals surface area contributed by atoms with Crippen molar-refractivity contribution in [3.63, 3.8) is 0 Å². The van der Waals surface area contributed by atoms with Gasteiger partial charge in [-0.3, -0.25) is 9.82 Å². The van der Waals surface area contributed by atoms with Crippen molar-refractivity contribution in [1.29, 1.82) is 0 Å². The Morgan fingerprint density at radius 2 is 1.85 bits per heavy atom. The highest BCUT2D eigenvalue weighted by atomic mass is 16.7. The summed E-state index contributed by atoms with van der Waals surface area (Å²) in [4.78, 5) is 18.5. The Morgan fingerprint density at radius 3 is 2.56 bits per heavy atom. The van der Waals surface area contributed by atoms with Gasteiger partial charge in [0.25, 0.3) is 0 Å². The Bertz CT molecular complexity index is 1080. The fourth-order valence-electron chi connectivity index (χ4n) is 4.45. The molecule has 8 heteroatoms. The van der Waals surface area contributed by atoms with Gasteiger partial charge < -0.3 is 14.3 Å². The number of aromatic nitrogens is 3. The van der Waals surface area contributed by atoms with Crippen LogP contribution in [-0.4, -0.2) is 51.5 Å². The van der Waals surface area contributed by atoms with Gasteiger partial charge in [-0.25, -0.2) is 4.98 Å². The van der Waals surface area contributed by atoms with Crippen molar-refractivity contribution < 1.29 is 14.1 Å².